The first-order valence-corrected chi connectivity index (χ1v) is 12.3. The molecule has 0 unspecified atom stereocenters. The third-order valence-corrected chi connectivity index (χ3v) is 7.01. The van der Waals surface area contributed by atoms with E-state index in [1.165, 1.54) is 0 Å². The van der Waals surface area contributed by atoms with Gasteiger partial charge in [-0.2, -0.15) is 5.10 Å². The quantitative estimate of drug-likeness (QED) is 0.405. The summed E-state index contributed by atoms with van der Waals surface area (Å²) in [6, 6.07) is 5.50. The number of nitrogens with zero attached hydrogens (tertiary/aromatic N) is 4. The minimum Gasteiger partial charge on any atom is -0.326 e. The van der Waals surface area contributed by atoms with Crippen LogP contribution in [0, 0.1) is 0 Å². The number of ketones is 1. The van der Waals surface area contributed by atoms with Crippen LogP contribution in [-0.4, -0.2) is 27.1 Å². The minimum absolute atomic E-state index is 0.00404. The van der Waals surface area contributed by atoms with Crippen molar-refractivity contribution < 1.29 is 13.6 Å². The highest BCUT2D eigenvalue weighted by Crippen LogP contribution is 2.43. The molecule has 0 atom stereocenters. The molecule has 0 spiro atoms. The van der Waals surface area contributed by atoms with E-state index in [2.05, 4.69) is 23.8 Å². The number of aryl methyl sites for hydroxylation is 2. The summed E-state index contributed by atoms with van der Waals surface area (Å²) in [7, 11) is 1.78. The average Bonchev–Trinajstić information content (AvgIpc) is 3.47. The molecule has 182 valence electrons. The lowest BCUT2D eigenvalue weighted by atomic mass is 9.92. The van der Waals surface area contributed by atoms with E-state index in [9.17, 15) is 13.6 Å². The van der Waals surface area contributed by atoms with Crippen molar-refractivity contribution in [2.24, 2.45) is 7.05 Å². The Hall–Kier alpha value is -3.35. The fourth-order valence-electron chi connectivity index (χ4n) is 5.29. The van der Waals surface area contributed by atoms with E-state index >= 15 is 0 Å². The zero-order chi connectivity index (χ0) is 24.9. The normalized spacial score (nSPS) is 15.0. The number of anilines is 2. The predicted octanol–water partition coefficient (Wildman–Crippen LogP) is 6.55. The Morgan fingerprint density at radius 2 is 1.97 bits per heavy atom. The maximum Gasteiger partial charge on any atom is 0.264 e. The summed E-state index contributed by atoms with van der Waals surface area (Å²) in [5, 5.41) is 4.17. The van der Waals surface area contributed by atoms with E-state index in [4.69, 9.17) is 4.98 Å². The van der Waals surface area contributed by atoms with Crippen LogP contribution in [0.15, 0.2) is 36.7 Å². The number of benzene rings is 1. The molecule has 0 saturated heterocycles. The van der Waals surface area contributed by atoms with Gasteiger partial charge in [-0.15, -0.1) is 0 Å². The zero-order valence-electron chi connectivity index (χ0n) is 20.6. The van der Waals surface area contributed by atoms with Crippen LogP contribution in [-0.2, 0) is 24.7 Å². The Balaban J connectivity index is 1.66. The lowest BCUT2D eigenvalue weighted by Gasteiger charge is -2.33. The van der Waals surface area contributed by atoms with Gasteiger partial charge in [-0.25, -0.2) is 13.8 Å². The van der Waals surface area contributed by atoms with E-state index in [1.54, 1.807) is 30.2 Å². The Morgan fingerprint density at radius 3 is 2.63 bits per heavy atom. The molecule has 0 saturated carbocycles. The fourth-order valence-corrected chi connectivity index (χ4v) is 5.29. The summed E-state index contributed by atoms with van der Waals surface area (Å²) < 4.78 is 30.1. The number of rotatable bonds is 6. The summed E-state index contributed by atoms with van der Waals surface area (Å²) in [6.45, 7) is 6.77. The van der Waals surface area contributed by atoms with Gasteiger partial charge < -0.3 is 4.90 Å². The third-order valence-electron chi connectivity index (χ3n) is 7.01. The maximum absolute atomic E-state index is 14.2. The second-order valence-electron chi connectivity index (χ2n) is 9.67. The van der Waals surface area contributed by atoms with Gasteiger partial charge in [0.25, 0.3) is 6.43 Å². The van der Waals surface area contributed by atoms with Crippen LogP contribution in [0.4, 0.5) is 20.3 Å². The monoisotopic (exact) mass is 476 g/mol. The smallest absolute Gasteiger partial charge is 0.264 e. The van der Waals surface area contributed by atoms with Crippen LogP contribution >= 0.6 is 0 Å². The van der Waals surface area contributed by atoms with Gasteiger partial charge in [0.2, 0.25) is 0 Å². The number of halogens is 2. The molecule has 0 amide bonds. The molecule has 7 heteroatoms. The molecule has 1 aliphatic carbocycles. The SMILES string of the molecule is CCC(=O)C1=CCc2c1cc(N1CCCc3cc(-c4cnn(C)c4)c(C(F)F)cc31)nc2C(C)C. The van der Waals surface area contributed by atoms with Gasteiger partial charge in [0.15, 0.2) is 5.78 Å². The van der Waals surface area contributed by atoms with E-state index < -0.39 is 6.43 Å². The molecule has 1 aromatic carbocycles. The Morgan fingerprint density at radius 1 is 1.17 bits per heavy atom. The molecule has 5 nitrogen and oxygen atoms in total. The van der Waals surface area contributed by atoms with Crippen molar-refractivity contribution in [3.8, 4) is 11.1 Å². The third kappa shape index (κ3) is 4.07. The Bertz CT molecular complexity index is 1340. The first kappa shape index (κ1) is 23.4. The molecule has 0 fully saturated rings. The second kappa shape index (κ2) is 9.02. The maximum atomic E-state index is 14.2. The number of pyridine rings is 1. The van der Waals surface area contributed by atoms with Gasteiger partial charge in [0.05, 0.1) is 6.20 Å². The van der Waals surface area contributed by atoms with Crippen molar-refractivity contribution >= 4 is 22.9 Å². The molecule has 0 N–H and O–H groups in total. The topological polar surface area (TPSA) is 51.0 Å². The predicted molar refractivity (Wildman–Crippen MR) is 134 cm³/mol. The summed E-state index contributed by atoms with van der Waals surface area (Å²) in [6.07, 6.45) is 5.64. The van der Waals surface area contributed by atoms with Crippen LogP contribution in [0.2, 0.25) is 0 Å². The van der Waals surface area contributed by atoms with Gasteiger partial charge >= 0.3 is 0 Å². The van der Waals surface area contributed by atoms with Gasteiger partial charge in [0, 0.05) is 54.3 Å². The molecule has 5 rings (SSSR count). The van der Waals surface area contributed by atoms with Gasteiger partial charge in [-0.1, -0.05) is 26.8 Å². The minimum atomic E-state index is -2.62. The molecule has 2 aliphatic rings. The zero-order valence-corrected chi connectivity index (χ0v) is 20.6. The number of hydrogen-bond donors (Lipinski definition) is 0. The van der Waals surface area contributed by atoms with Crippen molar-refractivity contribution in [3.63, 3.8) is 0 Å². The van der Waals surface area contributed by atoms with Crippen LogP contribution in [0.3, 0.4) is 0 Å². The van der Waals surface area contributed by atoms with E-state index in [-0.39, 0.29) is 17.3 Å². The van der Waals surface area contributed by atoms with E-state index in [1.807, 2.05) is 25.1 Å². The molecular formula is C28H30F2N4O. The summed E-state index contributed by atoms with van der Waals surface area (Å²) in [5.41, 5.74) is 6.78. The van der Waals surface area contributed by atoms with Crippen LogP contribution < -0.4 is 4.90 Å². The number of Topliss-reactive ketones (excluding diaryl/α,β-unsaturated/α-hetero) is 1. The van der Waals surface area contributed by atoms with Gasteiger partial charge in [-0.05, 0) is 65.6 Å². The van der Waals surface area contributed by atoms with Gasteiger partial charge in [0.1, 0.15) is 5.82 Å². The van der Waals surface area contributed by atoms with E-state index in [0.29, 0.717) is 30.5 Å². The van der Waals surface area contributed by atoms with Crippen LogP contribution in [0.1, 0.15) is 73.9 Å². The number of fused-ring (bicyclic) bond motifs is 2. The lowest BCUT2D eigenvalue weighted by Crippen LogP contribution is -2.26. The largest absolute Gasteiger partial charge is 0.326 e. The number of allylic oxidation sites excluding steroid dienone is 2. The van der Waals surface area contributed by atoms with Crippen LogP contribution in [0.5, 0.6) is 0 Å². The molecule has 2 aromatic heterocycles. The van der Waals surface area contributed by atoms with Gasteiger partial charge in [-0.3, -0.25) is 9.48 Å². The number of aromatic nitrogens is 3. The Labute approximate surface area is 204 Å². The highest BCUT2D eigenvalue weighted by Gasteiger charge is 2.29. The standard InChI is InChI=1S/C28H30F2N4O/c1-5-25(35)19-8-9-20-22(19)13-26(32-27(20)16(2)3)34-10-6-7-17-11-21(18-14-31-33(4)15-18)23(28(29)30)12-24(17)34/h8,11-16,28H,5-7,9-10H2,1-4H3. The lowest BCUT2D eigenvalue weighted by molar-refractivity contribution is -0.113. The number of hydrogen-bond acceptors (Lipinski definition) is 4. The first-order valence-electron chi connectivity index (χ1n) is 12.3. The molecule has 3 aromatic rings. The highest BCUT2D eigenvalue weighted by atomic mass is 19.3. The molecule has 35 heavy (non-hydrogen) atoms. The molecular weight excluding hydrogens is 446 g/mol. The number of alkyl halides is 2. The second-order valence-corrected chi connectivity index (χ2v) is 9.67. The summed E-state index contributed by atoms with van der Waals surface area (Å²) in [4.78, 5) is 19.7. The van der Waals surface area contributed by atoms with Crippen molar-refractivity contribution in [1.82, 2.24) is 14.8 Å². The average molecular weight is 477 g/mol. The number of carbonyl (C=O) groups is 1. The Kier molecular flexibility index (Phi) is 6.03. The first-order chi connectivity index (χ1) is 16.8. The summed E-state index contributed by atoms with van der Waals surface area (Å²) in [5.74, 6) is 1.03. The van der Waals surface area contributed by atoms with E-state index in [0.717, 1.165) is 52.3 Å². The number of carbonyl (C=O) groups excluding carboxylic acids is 1. The van der Waals surface area contributed by atoms with Crippen molar-refractivity contribution in [1.29, 1.82) is 0 Å². The highest BCUT2D eigenvalue weighted by molar-refractivity contribution is 6.22. The van der Waals surface area contributed by atoms with Crippen molar-refractivity contribution in [3.05, 3.63) is 64.6 Å². The molecule has 0 bridgehead atoms. The molecule has 1 aliphatic heterocycles. The molecule has 3 heterocycles. The fraction of sp³-hybridized carbons (Fsp3) is 0.393. The van der Waals surface area contributed by atoms with Crippen molar-refractivity contribution in [2.45, 2.75) is 58.8 Å². The van der Waals surface area contributed by atoms with Crippen LogP contribution in [0.25, 0.3) is 16.7 Å². The molecule has 0 radical (unpaired) electrons. The van der Waals surface area contributed by atoms with Crippen molar-refractivity contribution in [2.75, 3.05) is 11.4 Å². The summed E-state index contributed by atoms with van der Waals surface area (Å²) >= 11 is 0.